The van der Waals surface area contributed by atoms with Gasteiger partial charge in [0.15, 0.2) is 5.16 Å². The number of nitrogens with zero attached hydrogens (tertiary/aromatic N) is 5. The van der Waals surface area contributed by atoms with Crippen LogP contribution in [0.4, 0.5) is 5.95 Å². The van der Waals surface area contributed by atoms with Crippen molar-refractivity contribution in [2.75, 3.05) is 11.9 Å². The van der Waals surface area contributed by atoms with Crippen LogP contribution in [-0.2, 0) is 0 Å². The molecule has 0 saturated heterocycles. The zero-order valence-electron chi connectivity index (χ0n) is 11.7. The van der Waals surface area contributed by atoms with Gasteiger partial charge in [-0.3, -0.25) is 4.57 Å². The van der Waals surface area contributed by atoms with Crippen molar-refractivity contribution in [3.8, 4) is 5.95 Å². The molecular formula is C12H18N6OS. The first kappa shape index (κ1) is 14.7. The van der Waals surface area contributed by atoms with Crippen LogP contribution in [0.2, 0.25) is 0 Å². The fourth-order valence-corrected chi connectivity index (χ4v) is 2.20. The van der Waals surface area contributed by atoms with Gasteiger partial charge in [-0.1, -0.05) is 18.7 Å². The smallest absolute Gasteiger partial charge is 0.240 e. The molecule has 0 aliphatic carbocycles. The molecule has 2 N–H and O–H groups in total. The maximum atomic E-state index is 9.59. The highest BCUT2D eigenvalue weighted by atomic mass is 32.2. The Morgan fingerprint density at radius 2 is 2.15 bits per heavy atom. The Balaban J connectivity index is 2.31. The molecule has 7 nitrogen and oxygen atoms in total. The van der Waals surface area contributed by atoms with Gasteiger partial charge in [0.25, 0.3) is 0 Å². The highest BCUT2D eigenvalue weighted by Gasteiger charge is 2.15. The van der Waals surface area contributed by atoms with Crippen molar-refractivity contribution in [1.29, 1.82) is 0 Å². The number of hydrogen-bond donors (Lipinski definition) is 2. The quantitative estimate of drug-likeness (QED) is 0.777. The number of aromatic nitrogens is 5. The van der Waals surface area contributed by atoms with Gasteiger partial charge in [0.05, 0.1) is 6.10 Å². The first-order valence-electron chi connectivity index (χ1n) is 6.43. The molecule has 8 heteroatoms. The average Bonchev–Trinajstić information content (AvgIpc) is 2.92. The molecule has 0 spiro atoms. The van der Waals surface area contributed by atoms with Crippen LogP contribution in [0.5, 0.6) is 0 Å². The molecule has 0 radical (unpaired) electrons. The number of anilines is 1. The summed E-state index contributed by atoms with van der Waals surface area (Å²) >= 11 is 1.42. The van der Waals surface area contributed by atoms with Crippen LogP contribution in [-0.4, -0.2) is 47.5 Å². The number of hydrogen-bond acceptors (Lipinski definition) is 7. The molecule has 2 atom stereocenters. The van der Waals surface area contributed by atoms with Gasteiger partial charge in [-0.15, -0.1) is 0 Å². The number of nitrogens with one attached hydrogen (secondary N) is 1. The van der Waals surface area contributed by atoms with Gasteiger partial charge in [0.2, 0.25) is 11.9 Å². The number of imidazole rings is 1. The summed E-state index contributed by atoms with van der Waals surface area (Å²) in [5.74, 6) is 1.03. The minimum Gasteiger partial charge on any atom is -0.392 e. The maximum absolute atomic E-state index is 9.59. The number of aliphatic hydroxyl groups is 1. The Morgan fingerprint density at radius 3 is 2.75 bits per heavy atom. The molecule has 0 aliphatic rings. The molecule has 0 aromatic carbocycles. The molecule has 20 heavy (non-hydrogen) atoms. The summed E-state index contributed by atoms with van der Waals surface area (Å²) in [6.07, 6.45) is 4.65. The van der Waals surface area contributed by atoms with Crippen LogP contribution >= 0.6 is 11.8 Å². The minimum atomic E-state index is -0.434. The van der Waals surface area contributed by atoms with Crippen molar-refractivity contribution in [2.24, 2.45) is 0 Å². The first-order valence-corrected chi connectivity index (χ1v) is 7.31. The van der Waals surface area contributed by atoms with Crippen LogP contribution in [0.15, 0.2) is 23.9 Å². The largest absolute Gasteiger partial charge is 0.392 e. The van der Waals surface area contributed by atoms with E-state index < -0.39 is 6.10 Å². The summed E-state index contributed by atoms with van der Waals surface area (Å²) in [4.78, 5) is 17.1. The van der Waals surface area contributed by atoms with Crippen molar-refractivity contribution >= 4 is 17.7 Å². The topological polar surface area (TPSA) is 88.8 Å². The lowest BCUT2D eigenvalue weighted by Gasteiger charge is -2.14. The lowest BCUT2D eigenvalue weighted by molar-refractivity contribution is 0.196. The second-order valence-electron chi connectivity index (χ2n) is 4.31. The molecule has 108 valence electrons. The van der Waals surface area contributed by atoms with E-state index in [0.717, 1.165) is 6.54 Å². The van der Waals surface area contributed by atoms with Gasteiger partial charge >= 0.3 is 0 Å². The van der Waals surface area contributed by atoms with Crippen molar-refractivity contribution in [1.82, 2.24) is 24.5 Å². The third-order valence-corrected chi connectivity index (χ3v) is 3.80. The molecule has 0 aliphatic heterocycles. The van der Waals surface area contributed by atoms with Crippen LogP contribution in [0.25, 0.3) is 5.95 Å². The SMILES string of the molecule is CCNc1nc(SC(C)C(C)O)nc(-n2ccnc2)n1. The number of rotatable bonds is 6. The molecular weight excluding hydrogens is 276 g/mol. The van der Waals surface area contributed by atoms with E-state index in [-0.39, 0.29) is 5.25 Å². The highest BCUT2D eigenvalue weighted by molar-refractivity contribution is 7.99. The standard InChI is InChI=1S/C12H18N6OS/c1-4-14-10-15-11(18-6-5-13-7-18)17-12(16-10)20-9(3)8(2)19/h5-9,19H,4H2,1-3H3,(H,14,15,16,17). The lowest BCUT2D eigenvalue weighted by atomic mass is 10.3. The van der Waals surface area contributed by atoms with E-state index >= 15 is 0 Å². The van der Waals surface area contributed by atoms with Crippen LogP contribution in [0.1, 0.15) is 20.8 Å². The molecule has 0 amide bonds. The zero-order chi connectivity index (χ0) is 14.5. The average molecular weight is 294 g/mol. The van der Waals surface area contributed by atoms with E-state index in [2.05, 4.69) is 25.3 Å². The van der Waals surface area contributed by atoms with E-state index in [1.54, 1.807) is 30.2 Å². The van der Waals surface area contributed by atoms with Crippen LogP contribution in [0, 0.1) is 0 Å². The normalized spacial score (nSPS) is 14.0. The molecule has 2 rings (SSSR count). The molecule has 2 heterocycles. The van der Waals surface area contributed by atoms with Crippen LogP contribution in [0.3, 0.4) is 0 Å². The lowest BCUT2D eigenvalue weighted by Crippen LogP contribution is -2.16. The van der Waals surface area contributed by atoms with Crippen molar-refractivity contribution in [3.05, 3.63) is 18.7 Å². The Bertz CT molecular complexity index is 545. The highest BCUT2D eigenvalue weighted by Crippen LogP contribution is 2.23. The van der Waals surface area contributed by atoms with E-state index in [1.165, 1.54) is 11.8 Å². The van der Waals surface area contributed by atoms with E-state index in [1.807, 2.05) is 13.8 Å². The van der Waals surface area contributed by atoms with Crippen molar-refractivity contribution in [3.63, 3.8) is 0 Å². The Morgan fingerprint density at radius 1 is 1.35 bits per heavy atom. The Hall–Kier alpha value is -1.67. The van der Waals surface area contributed by atoms with Crippen molar-refractivity contribution in [2.45, 2.75) is 37.3 Å². The summed E-state index contributed by atoms with van der Waals surface area (Å²) in [6, 6.07) is 0. The summed E-state index contributed by atoms with van der Waals surface area (Å²) in [6.45, 7) is 6.39. The van der Waals surface area contributed by atoms with Gasteiger partial charge in [-0.05, 0) is 13.8 Å². The van der Waals surface area contributed by atoms with E-state index in [0.29, 0.717) is 17.1 Å². The molecule has 2 aromatic rings. The second-order valence-corrected chi connectivity index (χ2v) is 5.65. The predicted molar refractivity (Wildman–Crippen MR) is 78.1 cm³/mol. The van der Waals surface area contributed by atoms with E-state index in [4.69, 9.17) is 0 Å². The van der Waals surface area contributed by atoms with Gasteiger partial charge < -0.3 is 10.4 Å². The number of thioether (sulfide) groups is 1. The third-order valence-electron chi connectivity index (χ3n) is 2.64. The minimum absolute atomic E-state index is 0.00233. The Labute approximate surface area is 121 Å². The summed E-state index contributed by atoms with van der Waals surface area (Å²) in [5.41, 5.74) is 0. The van der Waals surface area contributed by atoms with Crippen molar-refractivity contribution < 1.29 is 5.11 Å². The van der Waals surface area contributed by atoms with Gasteiger partial charge in [-0.2, -0.15) is 15.0 Å². The summed E-state index contributed by atoms with van der Waals surface area (Å²) in [5, 5.41) is 13.2. The molecule has 2 aromatic heterocycles. The molecule has 2 unspecified atom stereocenters. The number of aliphatic hydroxyl groups excluding tert-OH is 1. The summed E-state index contributed by atoms with van der Waals surface area (Å²) < 4.78 is 1.72. The fourth-order valence-electron chi connectivity index (χ4n) is 1.39. The van der Waals surface area contributed by atoms with Gasteiger partial charge in [0.1, 0.15) is 6.33 Å². The van der Waals surface area contributed by atoms with Crippen LogP contribution < -0.4 is 5.32 Å². The molecule has 0 saturated carbocycles. The maximum Gasteiger partial charge on any atom is 0.240 e. The first-order chi connectivity index (χ1) is 9.60. The molecule has 0 fully saturated rings. The zero-order valence-corrected chi connectivity index (χ0v) is 12.5. The second kappa shape index (κ2) is 6.67. The third kappa shape index (κ3) is 3.67. The van der Waals surface area contributed by atoms with Gasteiger partial charge in [-0.25, -0.2) is 4.98 Å². The summed E-state index contributed by atoms with van der Waals surface area (Å²) in [7, 11) is 0. The van der Waals surface area contributed by atoms with Gasteiger partial charge in [0, 0.05) is 24.2 Å². The fraction of sp³-hybridized carbons (Fsp3) is 0.500. The predicted octanol–water partition coefficient (Wildman–Crippen LogP) is 1.35. The molecule has 0 bridgehead atoms. The monoisotopic (exact) mass is 294 g/mol. The van der Waals surface area contributed by atoms with E-state index in [9.17, 15) is 5.11 Å². The Kier molecular flexibility index (Phi) is 4.91.